The Morgan fingerprint density at radius 3 is 2.70 bits per heavy atom. The van der Waals surface area contributed by atoms with Gasteiger partial charge in [0.25, 0.3) is 0 Å². The van der Waals surface area contributed by atoms with Gasteiger partial charge in [0, 0.05) is 66.1 Å². The molecule has 14 heteroatoms. The van der Waals surface area contributed by atoms with Crippen LogP contribution in [0.3, 0.4) is 0 Å². The summed E-state index contributed by atoms with van der Waals surface area (Å²) in [4.78, 5) is 52.4. The molecule has 0 saturated carbocycles. The van der Waals surface area contributed by atoms with Crippen LogP contribution in [0.5, 0.6) is 0 Å². The summed E-state index contributed by atoms with van der Waals surface area (Å²) >= 11 is 7.85. The number of carboxylic acid groups (broad SMARTS) is 1. The van der Waals surface area contributed by atoms with Crippen LogP contribution in [0.15, 0.2) is 70.3 Å². The predicted molar refractivity (Wildman–Crippen MR) is 169 cm³/mol. The molecule has 3 aliphatic rings. The van der Waals surface area contributed by atoms with E-state index in [0.29, 0.717) is 60.4 Å². The van der Waals surface area contributed by atoms with Crippen LogP contribution >= 0.6 is 22.9 Å². The molecule has 2 atom stereocenters. The fourth-order valence-corrected chi connectivity index (χ4v) is 6.60. The molecular weight excluding hydrogens is 635 g/mol. The summed E-state index contributed by atoms with van der Waals surface area (Å²) < 4.78 is 19.1. The third kappa shape index (κ3) is 6.46. The molecule has 2 aromatic carbocycles. The van der Waals surface area contributed by atoms with Gasteiger partial charge in [-0.05, 0) is 36.4 Å². The van der Waals surface area contributed by atoms with Crippen LogP contribution in [0.2, 0.25) is 5.02 Å². The number of hydrogen-bond donors (Lipinski definition) is 2. The zero-order valence-corrected chi connectivity index (χ0v) is 26.1. The Bertz CT molecular complexity index is 1800. The van der Waals surface area contributed by atoms with Crippen LogP contribution in [0, 0.1) is 17.7 Å². The molecule has 1 aromatic heterocycles. The lowest BCUT2D eigenvalue weighted by Gasteiger charge is -2.38. The second-order valence-corrected chi connectivity index (χ2v) is 12.1. The molecule has 2 N–H and O–H groups in total. The van der Waals surface area contributed by atoms with E-state index < -0.39 is 23.8 Å². The number of carboxylic acids is 1. The fraction of sp³-hybridized carbons (Fsp3) is 0.281. The highest BCUT2D eigenvalue weighted by molar-refractivity contribution is 7.11. The number of nitrogens with one attached hydrogen (secondary N) is 1. The van der Waals surface area contributed by atoms with Crippen molar-refractivity contribution in [3.63, 3.8) is 0 Å². The number of halogens is 2. The first-order valence-corrected chi connectivity index (χ1v) is 15.6. The van der Waals surface area contributed by atoms with Crippen LogP contribution in [-0.2, 0) is 9.53 Å². The van der Waals surface area contributed by atoms with Crippen molar-refractivity contribution >= 4 is 46.7 Å². The number of piperazine rings is 1. The normalized spacial score (nSPS) is 19.6. The lowest BCUT2D eigenvalue weighted by Crippen LogP contribution is -2.53. The van der Waals surface area contributed by atoms with Crippen molar-refractivity contribution < 1.29 is 28.6 Å². The van der Waals surface area contributed by atoms with Gasteiger partial charge in [-0.25, -0.2) is 23.8 Å². The van der Waals surface area contributed by atoms with E-state index in [2.05, 4.69) is 27.0 Å². The van der Waals surface area contributed by atoms with Crippen molar-refractivity contribution in [3.8, 4) is 11.8 Å². The SMILES string of the molecule is COC(=O)C1=C(CN2CCN3C(=O)N(CC#Cc4ccc(C(=O)O)cc4)C[C@@H]3C2)NC(c2nccs2)=N[C@H]1c1ccc(F)cc1Cl. The Labute approximate surface area is 272 Å². The molecule has 0 unspecified atom stereocenters. The van der Waals surface area contributed by atoms with Gasteiger partial charge in [-0.1, -0.05) is 29.5 Å². The average molecular weight is 663 g/mol. The smallest absolute Gasteiger partial charge is 0.338 e. The van der Waals surface area contributed by atoms with Crippen LogP contribution in [-0.4, -0.2) is 101 Å². The van der Waals surface area contributed by atoms with Crippen molar-refractivity contribution in [3.05, 3.63) is 97.8 Å². The maximum absolute atomic E-state index is 14.0. The van der Waals surface area contributed by atoms with E-state index >= 15 is 0 Å². The molecule has 0 spiro atoms. The quantitative estimate of drug-likeness (QED) is 0.290. The van der Waals surface area contributed by atoms with E-state index in [1.54, 1.807) is 23.2 Å². The molecule has 4 heterocycles. The number of carbonyl (C=O) groups is 3. The molecule has 6 rings (SSSR count). The average Bonchev–Trinajstić information content (AvgIpc) is 3.69. The van der Waals surface area contributed by atoms with Crippen LogP contribution in [0.25, 0.3) is 0 Å². The van der Waals surface area contributed by atoms with E-state index in [9.17, 15) is 18.8 Å². The summed E-state index contributed by atoms with van der Waals surface area (Å²) in [5.74, 6) is 4.38. The number of hydrogen-bond acceptors (Lipinski definition) is 9. The van der Waals surface area contributed by atoms with E-state index in [0.717, 1.165) is 0 Å². The lowest BCUT2D eigenvalue weighted by molar-refractivity contribution is -0.136. The number of aliphatic imine (C=N–C) groups is 1. The molecule has 0 bridgehead atoms. The highest BCUT2D eigenvalue weighted by atomic mass is 35.5. The van der Waals surface area contributed by atoms with Crippen molar-refractivity contribution in [2.45, 2.75) is 12.1 Å². The van der Waals surface area contributed by atoms with Gasteiger partial charge in [0.2, 0.25) is 0 Å². The molecule has 2 fully saturated rings. The molecule has 2 amide bonds. The molecule has 0 radical (unpaired) electrons. The number of urea groups is 1. The van der Waals surface area contributed by atoms with E-state index in [1.165, 1.54) is 48.8 Å². The zero-order valence-electron chi connectivity index (χ0n) is 24.6. The van der Waals surface area contributed by atoms with Gasteiger partial charge in [-0.15, -0.1) is 11.3 Å². The maximum Gasteiger partial charge on any atom is 0.338 e. The first-order chi connectivity index (χ1) is 22.2. The number of aromatic nitrogens is 1. The molecular formula is C32H28ClFN6O5S. The number of esters is 1. The molecule has 2 saturated heterocycles. The van der Waals surface area contributed by atoms with Gasteiger partial charge in [0.05, 0.1) is 30.8 Å². The van der Waals surface area contributed by atoms with Gasteiger partial charge in [-0.3, -0.25) is 9.89 Å². The highest BCUT2D eigenvalue weighted by Crippen LogP contribution is 2.37. The Kier molecular flexibility index (Phi) is 9.03. The third-order valence-electron chi connectivity index (χ3n) is 7.95. The molecule has 0 aliphatic carbocycles. The van der Waals surface area contributed by atoms with Crippen LogP contribution in [0.1, 0.15) is 32.5 Å². The summed E-state index contributed by atoms with van der Waals surface area (Å²) in [6.45, 7) is 2.65. The first-order valence-electron chi connectivity index (χ1n) is 14.3. The van der Waals surface area contributed by atoms with Gasteiger partial charge >= 0.3 is 18.0 Å². The summed E-state index contributed by atoms with van der Waals surface area (Å²) in [5.41, 5.74) is 2.12. The zero-order chi connectivity index (χ0) is 32.4. The Morgan fingerprint density at radius 2 is 2.00 bits per heavy atom. The number of ether oxygens (including phenoxy) is 1. The predicted octanol–water partition coefficient (Wildman–Crippen LogP) is 3.63. The fourth-order valence-electron chi connectivity index (χ4n) is 5.74. The van der Waals surface area contributed by atoms with Crippen molar-refractivity contribution in [1.82, 2.24) is 25.0 Å². The number of thiazole rings is 1. The number of amidine groups is 1. The molecule has 3 aliphatic heterocycles. The molecule has 46 heavy (non-hydrogen) atoms. The highest BCUT2D eigenvalue weighted by Gasteiger charge is 2.41. The number of carbonyl (C=O) groups excluding carboxylic acids is 2. The number of nitrogens with zero attached hydrogens (tertiary/aromatic N) is 5. The van der Waals surface area contributed by atoms with Crippen molar-refractivity contribution in [2.24, 2.45) is 4.99 Å². The minimum atomic E-state index is -1.00. The minimum Gasteiger partial charge on any atom is -0.478 e. The monoisotopic (exact) mass is 662 g/mol. The second kappa shape index (κ2) is 13.3. The van der Waals surface area contributed by atoms with Crippen LogP contribution in [0.4, 0.5) is 9.18 Å². The summed E-state index contributed by atoms with van der Waals surface area (Å²) in [5, 5.41) is 14.9. The molecule has 3 aromatic rings. The summed E-state index contributed by atoms with van der Waals surface area (Å²) in [7, 11) is 1.29. The van der Waals surface area contributed by atoms with E-state index in [-0.39, 0.29) is 34.8 Å². The van der Waals surface area contributed by atoms with E-state index in [1.807, 2.05) is 10.3 Å². The number of benzene rings is 2. The van der Waals surface area contributed by atoms with E-state index in [4.69, 9.17) is 26.4 Å². The topological polar surface area (TPSA) is 128 Å². The Morgan fingerprint density at radius 1 is 1.20 bits per heavy atom. The number of fused-ring (bicyclic) bond motifs is 1. The summed E-state index contributed by atoms with van der Waals surface area (Å²) in [6.07, 6.45) is 1.66. The molecule has 11 nitrogen and oxygen atoms in total. The number of aromatic carboxylic acids is 1. The minimum absolute atomic E-state index is 0.0851. The number of methoxy groups -OCH3 is 1. The Balaban J connectivity index is 1.20. The van der Waals surface area contributed by atoms with Gasteiger partial charge in [0.15, 0.2) is 10.8 Å². The summed E-state index contributed by atoms with van der Waals surface area (Å²) in [6, 6.07) is 9.21. The molecule has 236 valence electrons. The number of rotatable bonds is 7. The van der Waals surface area contributed by atoms with Crippen molar-refractivity contribution in [2.75, 3.05) is 46.4 Å². The van der Waals surface area contributed by atoms with Gasteiger partial charge in [0.1, 0.15) is 11.9 Å². The largest absolute Gasteiger partial charge is 0.478 e. The van der Waals surface area contributed by atoms with Crippen molar-refractivity contribution in [1.29, 1.82) is 0 Å². The maximum atomic E-state index is 14.0. The van der Waals surface area contributed by atoms with Gasteiger partial charge < -0.3 is 25.0 Å². The second-order valence-electron chi connectivity index (χ2n) is 10.8. The van der Waals surface area contributed by atoms with Crippen LogP contribution < -0.4 is 5.32 Å². The first kappa shape index (κ1) is 31.2. The number of amides is 2. The standard InChI is InChI=1S/C32H28ClFN6O5S/c1-45-31(43)26-25(36-28(29-35-10-14-46-29)37-27(26)23-9-8-21(34)15-24(23)33)18-38-12-13-40-22(16-38)17-39(32(40)44)11-2-3-19-4-6-20(7-5-19)30(41)42/h4-10,14-15,22,27H,11-13,16-18H2,1H3,(H,36,37)(H,41,42)/t22-,27-/m0/s1. The lowest BCUT2D eigenvalue weighted by atomic mass is 9.95. The third-order valence-corrected chi connectivity index (χ3v) is 9.06. The van der Waals surface area contributed by atoms with Gasteiger partial charge in [-0.2, -0.15) is 0 Å². The Hall–Kier alpha value is -4.77.